The second-order valence-electron chi connectivity index (χ2n) is 9.06. The van der Waals surface area contributed by atoms with Gasteiger partial charge in [0.1, 0.15) is 16.9 Å². The van der Waals surface area contributed by atoms with E-state index < -0.39 is 5.60 Å². The Balaban J connectivity index is 1.38. The number of carbonyl (C=O) groups excluding carboxylic acids is 1. The summed E-state index contributed by atoms with van der Waals surface area (Å²) in [5, 5.41) is 2.90. The van der Waals surface area contributed by atoms with Crippen molar-refractivity contribution in [3.63, 3.8) is 0 Å². The van der Waals surface area contributed by atoms with Gasteiger partial charge in [0.25, 0.3) is 0 Å². The maximum absolute atomic E-state index is 11.9. The molecule has 1 N–H and O–H groups in total. The summed E-state index contributed by atoms with van der Waals surface area (Å²) in [6.45, 7) is 9.72. The Labute approximate surface area is 176 Å². The fraction of sp³-hybridized carbons (Fsp3) is 0.591. The van der Waals surface area contributed by atoms with Gasteiger partial charge in [0.15, 0.2) is 0 Å². The Kier molecular flexibility index (Phi) is 5.69. The standard InChI is InChI=1S/C22H30N4O4/c1-22(2,3)30-21(27)24-9-14-7-8-26(11-14)12-15-13-29-17-10-23-16-5-6-18(28-4)25-20(16)19(15)17/h5-6,10,14-15H,7-9,11-13H2,1-4H3,(H,24,27)/t14-,15?/m0/s1. The van der Waals surface area contributed by atoms with Gasteiger partial charge in [0, 0.05) is 37.2 Å². The lowest BCUT2D eigenvalue weighted by Gasteiger charge is -2.22. The molecule has 2 aromatic rings. The highest BCUT2D eigenvalue weighted by Crippen LogP contribution is 2.39. The average Bonchev–Trinajstić information content (AvgIpc) is 3.32. The van der Waals surface area contributed by atoms with Gasteiger partial charge in [-0.05, 0) is 45.7 Å². The van der Waals surface area contributed by atoms with Crippen LogP contribution in [0.5, 0.6) is 11.6 Å². The van der Waals surface area contributed by atoms with Crippen molar-refractivity contribution in [3.8, 4) is 11.6 Å². The van der Waals surface area contributed by atoms with E-state index >= 15 is 0 Å². The normalized spacial score (nSPS) is 21.3. The van der Waals surface area contributed by atoms with Gasteiger partial charge in [-0.3, -0.25) is 4.98 Å². The van der Waals surface area contributed by atoms with E-state index in [0.29, 0.717) is 24.9 Å². The van der Waals surface area contributed by atoms with Gasteiger partial charge in [-0.25, -0.2) is 9.78 Å². The number of carbonyl (C=O) groups is 1. The van der Waals surface area contributed by atoms with Crippen molar-refractivity contribution in [1.29, 1.82) is 0 Å². The smallest absolute Gasteiger partial charge is 0.407 e. The molecule has 2 aliphatic rings. The van der Waals surface area contributed by atoms with E-state index in [1.807, 2.05) is 32.9 Å². The Bertz CT molecular complexity index is 927. The van der Waals surface area contributed by atoms with Crippen molar-refractivity contribution in [2.75, 3.05) is 39.9 Å². The maximum Gasteiger partial charge on any atom is 0.407 e. The van der Waals surface area contributed by atoms with Crippen LogP contribution < -0.4 is 14.8 Å². The molecule has 0 aromatic carbocycles. The Morgan fingerprint density at radius 1 is 1.37 bits per heavy atom. The van der Waals surface area contributed by atoms with Gasteiger partial charge in [-0.1, -0.05) is 0 Å². The number of alkyl carbamates (subject to hydrolysis) is 1. The number of nitrogens with one attached hydrogen (secondary N) is 1. The molecule has 1 saturated heterocycles. The molecule has 0 spiro atoms. The summed E-state index contributed by atoms with van der Waals surface area (Å²) in [6, 6.07) is 3.76. The highest BCUT2D eigenvalue weighted by atomic mass is 16.6. The molecule has 0 saturated carbocycles. The van der Waals surface area contributed by atoms with Crippen LogP contribution in [0.3, 0.4) is 0 Å². The molecule has 1 unspecified atom stereocenters. The van der Waals surface area contributed by atoms with Crippen LogP contribution in [0.4, 0.5) is 4.79 Å². The molecule has 4 heterocycles. The molecular weight excluding hydrogens is 384 g/mol. The molecule has 162 valence electrons. The summed E-state index contributed by atoms with van der Waals surface area (Å²) in [6.07, 6.45) is 2.50. The number of hydrogen-bond acceptors (Lipinski definition) is 7. The monoisotopic (exact) mass is 414 g/mol. The van der Waals surface area contributed by atoms with Crippen LogP contribution in [0.2, 0.25) is 0 Å². The lowest BCUT2D eigenvalue weighted by molar-refractivity contribution is 0.0519. The van der Waals surface area contributed by atoms with Gasteiger partial charge in [0.2, 0.25) is 5.88 Å². The highest BCUT2D eigenvalue weighted by molar-refractivity contribution is 5.81. The third kappa shape index (κ3) is 4.59. The summed E-state index contributed by atoms with van der Waals surface area (Å²) in [4.78, 5) is 23.4. The van der Waals surface area contributed by atoms with Gasteiger partial charge in [0.05, 0.1) is 25.4 Å². The zero-order valence-electron chi connectivity index (χ0n) is 18.1. The van der Waals surface area contributed by atoms with Gasteiger partial charge in [-0.15, -0.1) is 0 Å². The molecule has 0 aliphatic carbocycles. The van der Waals surface area contributed by atoms with Crippen molar-refractivity contribution in [3.05, 3.63) is 23.9 Å². The predicted octanol–water partition coefficient (Wildman–Crippen LogP) is 2.96. The van der Waals surface area contributed by atoms with E-state index in [1.54, 1.807) is 13.3 Å². The molecule has 30 heavy (non-hydrogen) atoms. The first-order chi connectivity index (χ1) is 14.3. The zero-order chi connectivity index (χ0) is 21.3. The van der Waals surface area contributed by atoms with E-state index in [2.05, 4.69) is 20.2 Å². The lowest BCUT2D eigenvalue weighted by atomic mass is 9.99. The van der Waals surface area contributed by atoms with E-state index in [1.165, 1.54) is 0 Å². The number of nitrogens with zero attached hydrogens (tertiary/aromatic N) is 3. The summed E-state index contributed by atoms with van der Waals surface area (Å²) >= 11 is 0. The lowest BCUT2D eigenvalue weighted by Crippen LogP contribution is -2.36. The Morgan fingerprint density at radius 3 is 2.97 bits per heavy atom. The van der Waals surface area contributed by atoms with Crippen LogP contribution in [0.25, 0.3) is 11.0 Å². The Morgan fingerprint density at radius 2 is 2.20 bits per heavy atom. The van der Waals surface area contributed by atoms with E-state index in [-0.39, 0.29) is 12.0 Å². The van der Waals surface area contributed by atoms with Gasteiger partial charge >= 0.3 is 6.09 Å². The second-order valence-corrected chi connectivity index (χ2v) is 9.06. The maximum atomic E-state index is 11.9. The van der Waals surface area contributed by atoms with Crippen molar-refractivity contribution in [2.45, 2.75) is 38.7 Å². The predicted molar refractivity (Wildman–Crippen MR) is 113 cm³/mol. The first kappa shape index (κ1) is 20.7. The van der Waals surface area contributed by atoms with Crippen LogP contribution in [-0.4, -0.2) is 66.5 Å². The molecular formula is C22H30N4O4. The number of ether oxygens (including phenoxy) is 3. The van der Waals surface area contributed by atoms with Crippen molar-refractivity contribution >= 4 is 17.1 Å². The number of pyridine rings is 2. The van der Waals surface area contributed by atoms with E-state index in [9.17, 15) is 4.79 Å². The number of methoxy groups -OCH3 is 1. The number of likely N-dealkylation sites (tertiary alicyclic amines) is 1. The van der Waals surface area contributed by atoms with Gasteiger partial charge < -0.3 is 24.4 Å². The third-order valence-electron chi connectivity index (χ3n) is 5.53. The highest BCUT2D eigenvalue weighted by Gasteiger charge is 2.32. The van der Waals surface area contributed by atoms with Crippen LogP contribution >= 0.6 is 0 Å². The molecule has 8 nitrogen and oxygen atoms in total. The minimum atomic E-state index is -0.476. The largest absolute Gasteiger partial charge is 0.491 e. The topological polar surface area (TPSA) is 85.8 Å². The second kappa shape index (κ2) is 8.26. The fourth-order valence-electron chi connectivity index (χ4n) is 4.19. The SMILES string of the molecule is COc1ccc2ncc3c(c2n1)C(CN1CC[C@@H](CNC(=O)OC(C)(C)C)C1)CO3. The summed E-state index contributed by atoms with van der Waals surface area (Å²) in [5.74, 6) is 2.06. The molecule has 2 aromatic heterocycles. The zero-order valence-corrected chi connectivity index (χ0v) is 18.1. The Hall–Kier alpha value is -2.61. The molecule has 0 bridgehead atoms. The van der Waals surface area contributed by atoms with Gasteiger partial charge in [-0.2, -0.15) is 0 Å². The minimum Gasteiger partial charge on any atom is -0.491 e. The van der Waals surface area contributed by atoms with Crippen LogP contribution in [0.15, 0.2) is 18.3 Å². The minimum absolute atomic E-state index is 0.239. The number of aromatic nitrogens is 2. The third-order valence-corrected chi connectivity index (χ3v) is 5.53. The van der Waals surface area contributed by atoms with Crippen molar-refractivity contribution in [1.82, 2.24) is 20.2 Å². The number of fused-ring (bicyclic) bond motifs is 3. The quantitative estimate of drug-likeness (QED) is 0.805. The van der Waals surface area contributed by atoms with E-state index in [0.717, 1.165) is 48.4 Å². The summed E-state index contributed by atoms with van der Waals surface area (Å²) in [7, 11) is 1.62. The number of rotatable bonds is 5. The average molecular weight is 415 g/mol. The van der Waals surface area contributed by atoms with Crippen LogP contribution in [0, 0.1) is 5.92 Å². The number of hydrogen-bond donors (Lipinski definition) is 1. The molecule has 4 rings (SSSR count). The first-order valence-corrected chi connectivity index (χ1v) is 10.5. The molecule has 2 atom stereocenters. The van der Waals surface area contributed by atoms with Crippen LogP contribution in [-0.2, 0) is 4.74 Å². The molecule has 1 fully saturated rings. The molecule has 8 heteroatoms. The summed E-state index contributed by atoms with van der Waals surface area (Å²) < 4.78 is 16.5. The molecule has 2 aliphatic heterocycles. The number of amides is 1. The fourth-order valence-corrected chi connectivity index (χ4v) is 4.19. The van der Waals surface area contributed by atoms with Crippen molar-refractivity contribution < 1.29 is 19.0 Å². The first-order valence-electron chi connectivity index (χ1n) is 10.5. The van der Waals surface area contributed by atoms with Crippen LogP contribution in [0.1, 0.15) is 38.7 Å². The molecule has 1 amide bonds. The van der Waals surface area contributed by atoms with E-state index in [4.69, 9.17) is 14.2 Å². The molecule has 0 radical (unpaired) electrons. The summed E-state index contributed by atoms with van der Waals surface area (Å²) in [5.41, 5.74) is 2.35. The van der Waals surface area contributed by atoms with Crippen molar-refractivity contribution in [2.24, 2.45) is 5.92 Å².